The first-order valence-corrected chi connectivity index (χ1v) is 7.96. The molecule has 1 heteroatoms. The Labute approximate surface area is 130 Å². The SMILES string of the molecule is Cc1cccc2ccc3c(c12)-c1c(ccc2c1[N+](C)=CC2)C3. The molecule has 1 nitrogen and oxygen atoms in total. The summed E-state index contributed by atoms with van der Waals surface area (Å²) in [5.74, 6) is 0. The number of hydrogen-bond donors (Lipinski definition) is 0. The summed E-state index contributed by atoms with van der Waals surface area (Å²) in [7, 11) is 2.18. The Morgan fingerprint density at radius 3 is 2.55 bits per heavy atom. The maximum absolute atomic E-state index is 2.34. The van der Waals surface area contributed by atoms with E-state index < -0.39 is 0 Å². The van der Waals surface area contributed by atoms with E-state index in [1.54, 1.807) is 0 Å². The van der Waals surface area contributed by atoms with Gasteiger partial charge in [0.25, 0.3) is 0 Å². The predicted octanol–water partition coefficient (Wildman–Crippen LogP) is 4.62. The molecule has 0 N–H and O–H groups in total. The van der Waals surface area contributed by atoms with E-state index in [-0.39, 0.29) is 0 Å². The molecule has 106 valence electrons. The van der Waals surface area contributed by atoms with Crippen LogP contribution in [0.1, 0.15) is 22.3 Å². The van der Waals surface area contributed by atoms with Gasteiger partial charge in [-0.05, 0) is 40.8 Å². The van der Waals surface area contributed by atoms with Gasteiger partial charge in [-0.3, -0.25) is 0 Å². The molecule has 0 aromatic heterocycles. The van der Waals surface area contributed by atoms with Gasteiger partial charge in [0.1, 0.15) is 13.3 Å². The van der Waals surface area contributed by atoms with Crippen molar-refractivity contribution in [2.45, 2.75) is 19.8 Å². The minimum absolute atomic E-state index is 1.05. The van der Waals surface area contributed by atoms with E-state index in [1.165, 1.54) is 49.8 Å². The molecule has 0 bridgehead atoms. The number of benzene rings is 3. The van der Waals surface area contributed by atoms with Crippen LogP contribution in [0.2, 0.25) is 0 Å². The third kappa shape index (κ3) is 1.41. The minimum Gasteiger partial charge on any atom is -0.204 e. The quantitative estimate of drug-likeness (QED) is 0.414. The molecule has 5 rings (SSSR count). The number of rotatable bonds is 0. The van der Waals surface area contributed by atoms with Crippen molar-refractivity contribution in [1.82, 2.24) is 0 Å². The van der Waals surface area contributed by atoms with Crippen LogP contribution in [0.3, 0.4) is 0 Å². The van der Waals surface area contributed by atoms with Crippen molar-refractivity contribution in [3.8, 4) is 11.1 Å². The predicted molar refractivity (Wildman–Crippen MR) is 92.5 cm³/mol. The number of aryl methyl sites for hydroxylation is 1. The molecule has 1 heterocycles. The van der Waals surface area contributed by atoms with Crippen molar-refractivity contribution in [2.24, 2.45) is 0 Å². The summed E-state index contributed by atoms with van der Waals surface area (Å²) < 4.78 is 2.32. The third-order valence-corrected chi connectivity index (χ3v) is 5.26. The van der Waals surface area contributed by atoms with Crippen molar-refractivity contribution in [3.05, 3.63) is 64.7 Å². The molecule has 3 aromatic rings. The number of nitrogens with zero attached hydrogens (tertiary/aromatic N) is 1. The lowest BCUT2D eigenvalue weighted by molar-refractivity contribution is -0.395. The van der Waals surface area contributed by atoms with E-state index in [2.05, 4.69) is 67.2 Å². The van der Waals surface area contributed by atoms with Gasteiger partial charge in [-0.15, -0.1) is 0 Å². The molecule has 0 radical (unpaired) electrons. The molecular formula is C21H18N+. The summed E-state index contributed by atoms with van der Waals surface area (Å²) in [4.78, 5) is 0. The molecule has 0 saturated carbocycles. The fraction of sp³-hybridized carbons (Fsp3) is 0.190. The van der Waals surface area contributed by atoms with Gasteiger partial charge in [0.15, 0.2) is 0 Å². The van der Waals surface area contributed by atoms with Crippen LogP contribution in [0.25, 0.3) is 21.9 Å². The molecule has 0 saturated heterocycles. The van der Waals surface area contributed by atoms with Gasteiger partial charge in [-0.2, -0.15) is 0 Å². The van der Waals surface area contributed by atoms with Crippen molar-refractivity contribution in [3.63, 3.8) is 0 Å². The second-order valence-corrected chi connectivity index (χ2v) is 6.55. The van der Waals surface area contributed by atoms with Crippen molar-refractivity contribution in [1.29, 1.82) is 0 Å². The Balaban J connectivity index is 1.98. The largest absolute Gasteiger partial charge is 0.216 e. The molecule has 0 fully saturated rings. The van der Waals surface area contributed by atoms with E-state index in [0.29, 0.717) is 0 Å². The topological polar surface area (TPSA) is 3.01 Å². The van der Waals surface area contributed by atoms with Gasteiger partial charge in [0.05, 0.1) is 12.0 Å². The Bertz CT molecular complexity index is 992. The Hall–Kier alpha value is -2.41. The summed E-state index contributed by atoms with van der Waals surface area (Å²) >= 11 is 0. The Morgan fingerprint density at radius 2 is 1.64 bits per heavy atom. The zero-order chi connectivity index (χ0) is 14.8. The van der Waals surface area contributed by atoms with Crippen molar-refractivity contribution >= 4 is 22.7 Å². The molecule has 1 aliphatic carbocycles. The highest BCUT2D eigenvalue weighted by molar-refractivity contribution is 6.05. The van der Waals surface area contributed by atoms with Gasteiger partial charge in [0.2, 0.25) is 5.69 Å². The molecule has 0 unspecified atom stereocenters. The highest BCUT2D eigenvalue weighted by Gasteiger charge is 2.32. The van der Waals surface area contributed by atoms with Crippen LogP contribution in [0.4, 0.5) is 5.69 Å². The van der Waals surface area contributed by atoms with Gasteiger partial charge < -0.3 is 0 Å². The fourth-order valence-corrected chi connectivity index (χ4v) is 4.24. The van der Waals surface area contributed by atoms with Gasteiger partial charge in [-0.25, -0.2) is 4.58 Å². The third-order valence-electron chi connectivity index (χ3n) is 5.26. The molecule has 3 aromatic carbocycles. The molecule has 1 aliphatic heterocycles. The lowest BCUT2D eigenvalue weighted by Gasteiger charge is -2.11. The second kappa shape index (κ2) is 4.07. The molecule has 0 atom stereocenters. The second-order valence-electron chi connectivity index (χ2n) is 6.55. The zero-order valence-corrected chi connectivity index (χ0v) is 13.0. The van der Waals surface area contributed by atoms with Crippen molar-refractivity contribution < 1.29 is 4.58 Å². The standard InChI is InChI=1S/C21H18N/c1-13-4-3-5-14-6-8-16-12-17-9-7-15-10-11-22(2)21(15)20(17)19(16)18(13)14/h3-9,11H,10,12H2,1-2H3/q+1. The molecular weight excluding hydrogens is 266 g/mol. The average molecular weight is 284 g/mol. The van der Waals surface area contributed by atoms with Crippen LogP contribution in [0, 0.1) is 6.92 Å². The lowest BCUT2D eigenvalue weighted by atomic mass is 9.93. The first kappa shape index (κ1) is 12.2. The molecule has 0 spiro atoms. The molecule has 0 amide bonds. The van der Waals surface area contributed by atoms with Crippen LogP contribution in [0.15, 0.2) is 42.5 Å². The van der Waals surface area contributed by atoms with E-state index in [1.807, 2.05) is 0 Å². The van der Waals surface area contributed by atoms with E-state index in [0.717, 1.165) is 12.8 Å². The van der Waals surface area contributed by atoms with Gasteiger partial charge in [-0.1, -0.05) is 42.5 Å². The monoisotopic (exact) mass is 284 g/mol. The van der Waals surface area contributed by atoms with Gasteiger partial charge >= 0.3 is 0 Å². The van der Waals surface area contributed by atoms with E-state index in [4.69, 9.17) is 0 Å². The normalized spacial score (nSPS) is 14.7. The molecule has 22 heavy (non-hydrogen) atoms. The smallest absolute Gasteiger partial charge is 0.204 e. The van der Waals surface area contributed by atoms with Crippen LogP contribution < -0.4 is 0 Å². The minimum atomic E-state index is 1.05. The maximum atomic E-state index is 2.34. The summed E-state index contributed by atoms with van der Waals surface area (Å²) in [6.07, 6.45) is 4.41. The summed E-state index contributed by atoms with van der Waals surface area (Å²) in [6.45, 7) is 2.24. The summed E-state index contributed by atoms with van der Waals surface area (Å²) in [5, 5.41) is 2.79. The van der Waals surface area contributed by atoms with Crippen molar-refractivity contribution in [2.75, 3.05) is 7.05 Å². The average Bonchev–Trinajstić information content (AvgIpc) is 3.07. The number of fused-ring (bicyclic) bond motifs is 7. The molecule has 2 aliphatic rings. The zero-order valence-electron chi connectivity index (χ0n) is 13.0. The lowest BCUT2D eigenvalue weighted by Crippen LogP contribution is -1.96. The Morgan fingerprint density at radius 1 is 0.864 bits per heavy atom. The first-order valence-electron chi connectivity index (χ1n) is 7.96. The number of hydrogen-bond acceptors (Lipinski definition) is 0. The van der Waals surface area contributed by atoms with E-state index >= 15 is 0 Å². The Kier molecular flexibility index (Phi) is 2.25. The highest BCUT2D eigenvalue weighted by atomic mass is 15.0. The highest BCUT2D eigenvalue weighted by Crippen LogP contribution is 2.48. The van der Waals surface area contributed by atoms with E-state index in [9.17, 15) is 0 Å². The van der Waals surface area contributed by atoms with Crippen LogP contribution >= 0.6 is 0 Å². The fourth-order valence-electron chi connectivity index (χ4n) is 4.24. The van der Waals surface area contributed by atoms with Crippen LogP contribution in [-0.2, 0) is 12.8 Å². The van der Waals surface area contributed by atoms with Crippen LogP contribution in [0.5, 0.6) is 0 Å². The maximum Gasteiger partial charge on any atom is 0.216 e. The first-order chi connectivity index (χ1) is 10.7. The summed E-state index contributed by atoms with van der Waals surface area (Å²) in [5.41, 5.74) is 10.2. The summed E-state index contributed by atoms with van der Waals surface area (Å²) in [6, 6.07) is 15.9. The van der Waals surface area contributed by atoms with Crippen LogP contribution in [-0.4, -0.2) is 17.8 Å². The van der Waals surface area contributed by atoms with Gasteiger partial charge in [0, 0.05) is 11.1 Å².